The molecule has 0 aliphatic heterocycles. The lowest BCUT2D eigenvalue weighted by Gasteiger charge is -2.13. The number of aromatic nitrogens is 1. The second-order valence-corrected chi connectivity index (χ2v) is 8.57. The predicted molar refractivity (Wildman–Crippen MR) is 134 cm³/mol. The molecule has 37 heavy (non-hydrogen) atoms. The molecular formula is C29H25F2NO5. The van der Waals surface area contributed by atoms with Crippen LogP contribution in [0.3, 0.4) is 0 Å². The Labute approximate surface area is 212 Å². The van der Waals surface area contributed by atoms with Crippen LogP contribution in [0.2, 0.25) is 0 Å². The fraction of sp³-hybridized carbons (Fsp3) is 0.207. The van der Waals surface area contributed by atoms with Gasteiger partial charge >= 0.3 is 0 Å². The van der Waals surface area contributed by atoms with Crippen LogP contribution < -0.4 is 14.2 Å². The molecule has 0 fully saturated rings. The van der Waals surface area contributed by atoms with Crippen LogP contribution in [-0.4, -0.2) is 30.8 Å². The van der Waals surface area contributed by atoms with E-state index in [9.17, 15) is 18.4 Å². The van der Waals surface area contributed by atoms with Crippen molar-refractivity contribution in [3.63, 3.8) is 0 Å². The van der Waals surface area contributed by atoms with Crippen LogP contribution in [0, 0.1) is 18.6 Å². The number of aryl methyl sites for hydroxylation is 1. The summed E-state index contributed by atoms with van der Waals surface area (Å²) in [5.74, 6) is 0.0267. The molecule has 0 saturated carbocycles. The lowest BCUT2D eigenvalue weighted by Crippen LogP contribution is -2.13. The van der Waals surface area contributed by atoms with Gasteiger partial charge in [-0.25, -0.2) is 8.78 Å². The summed E-state index contributed by atoms with van der Waals surface area (Å²) >= 11 is 0. The fourth-order valence-electron chi connectivity index (χ4n) is 4.03. The number of hydrogen-bond donors (Lipinski definition) is 0. The molecular weight excluding hydrogens is 480 g/mol. The monoisotopic (exact) mass is 505 g/mol. The maximum atomic E-state index is 13.8. The average molecular weight is 506 g/mol. The zero-order chi connectivity index (χ0) is 26.5. The molecule has 6 nitrogen and oxygen atoms in total. The van der Waals surface area contributed by atoms with Crippen LogP contribution in [0.25, 0.3) is 10.9 Å². The van der Waals surface area contributed by atoms with Crippen LogP contribution in [0.15, 0.2) is 60.8 Å². The number of nitrogens with zero attached hydrogens (tertiary/aromatic N) is 1. The quantitative estimate of drug-likeness (QED) is 0.248. The Hall–Kier alpha value is -4.33. The molecule has 0 amide bonds. The summed E-state index contributed by atoms with van der Waals surface area (Å²) in [5, 5.41) is 0.744. The number of ketones is 2. The van der Waals surface area contributed by atoms with E-state index in [4.69, 9.17) is 14.2 Å². The number of rotatable bonds is 10. The maximum absolute atomic E-state index is 13.8. The first-order chi connectivity index (χ1) is 17.8. The molecule has 3 aromatic carbocycles. The summed E-state index contributed by atoms with van der Waals surface area (Å²) in [7, 11) is 3.11. The van der Waals surface area contributed by atoms with Gasteiger partial charge < -0.3 is 14.2 Å². The van der Waals surface area contributed by atoms with Gasteiger partial charge in [0.25, 0.3) is 0 Å². The number of pyridine rings is 1. The van der Waals surface area contributed by atoms with Crippen molar-refractivity contribution in [3.8, 4) is 23.0 Å². The van der Waals surface area contributed by atoms with Crippen LogP contribution in [-0.2, 0) is 22.4 Å². The van der Waals surface area contributed by atoms with Crippen LogP contribution >= 0.6 is 0 Å². The molecule has 8 heteroatoms. The van der Waals surface area contributed by atoms with Crippen LogP contribution in [0.4, 0.5) is 8.78 Å². The Morgan fingerprint density at radius 2 is 1.49 bits per heavy atom. The number of carbonyl (C=O) groups excluding carboxylic acids is 2. The molecule has 0 radical (unpaired) electrons. The van der Waals surface area contributed by atoms with E-state index in [1.807, 2.05) is 13.0 Å². The van der Waals surface area contributed by atoms with Gasteiger partial charge in [-0.05, 0) is 53.9 Å². The van der Waals surface area contributed by atoms with Gasteiger partial charge in [0.05, 0.1) is 26.2 Å². The highest BCUT2D eigenvalue weighted by molar-refractivity contribution is 6.00. The highest BCUT2D eigenvalue weighted by Crippen LogP contribution is 2.37. The molecule has 0 N–H and O–H groups in total. The second kappa shape index (κ2) is 11.2. The zero-order valence-corrected chi connectivity index (χ0v) is 20.6. The second-order valence-electron chi connectivity index (χ2n) is 8.57. The first-order valence-corrected chi connectivity index (χ1v) is 11.5. The van der Waals surface area contributed by atoms with Crippen LogP contribution in [0.5, 0.6) is 23.0 Å². The van der Waals surface area contributed by atoms with Gasteiger partial charge in [0.1, 0.15) is 34.7 Å². The molecule has 1 aromatic heterocycles. The minimum absolute atomic E-state index is 0.0545. The number of carbonyl (C=O) groups is 2. The predicted octanol–water partition coefficient (Wildman–Crippen LogP) is 5.94. The van der Waals surface area contributed by atoms with Gasteiger partial charge in [0, 0.05) is 36.6 Å². The lowest BCUT2D eigenvalue weighted by molar-refractivity contribution is -0.126. The maximum Gasteiger partial charge on any atom is 0.162 e. The number of fused-ring (bicyclic) bond motifs is 1. The third kappa shape index (κ3) is 6.09. The molecule has 190 valence electrons. The van der Waals surface area contributed by atoms with Crippen molar-refractivity contribution in [2.45, 2.75) is 26.2 Å². The van der Waals surface area contributed by atoms with Gasteiger partial charge in [0.2, 0.25) is 0 Å². The molecule has 0 bridgehead atoms. The Bertz CT molecular complexity index is 1490. The third-order valence-electron chi connectivity index (χ3n) is 5.93. The smallest absolute Gasteiger partial charge is 0.162 e. The highest BCUT2D eigenvalue weighted by atomic mass is 19.1. The SMILES string of the molecule is COc1cc2nccc(Oc3ccc(CC(=O)CC(=O)Cc4ccc(F)cc4F)c(C)c3)c2cc1OC. The summed E-state index contributed by atoms with van der Waals surface area (Å²) in [5.41, 5.74) is 2.32. The van der Waals surface area contributed by atoms with E-state index in [1.165, 1.54) is 6.07 Å². The lowest BCUT2D eigenvalue weighted by atomic mass is 9.98. The normalized spacial score (nSPS) is 10.8. The Morgan fingerprint density at radius 3 is 2.16 bits per heavy atom. The fourth-order valence-corrected chi connectivity index (χ4v) is 4.03. The molecule has 0 aliphatic rings. The van der Waals surface area contributed by atoms with Crippen molar-refractivity contribution in [3.05, 3.63) is 89.1 Å². The molecule has 1 heterocycles. The molecule has 0 atom stereocenters. The summed E-state index contributed by atoms with van der Waals surface area (Å²) in [4.78, 5) is 29.1. The van der Waals surface area contributed by atoms with Crippen molar-refractivity contribution >= 4 is 22.5 Å². The Morgan fingerprint density at radius 1 is 0.811 bits per heavy atom. The van der Waals surface area contributed by atoms with E-state index in [0.29, 0.717) is 28.5 Å². The standard InChI is InChI=1S/C29H25F2NO5/c1-17-10-23(37-27-8-9-32-26-16-29(36-3)28(35-2)15-24(26)27)7-5-18(17)11-21(33)14-22(34)12-19-4-6-20(30)13-25(19)31/h4-10,13,15-16H,11-12,14H2,1-3H3. The zero-order valence-electron chi connectivity index (χ0n) is 20.6. The molecule has 4 rings (SSSR count). The van der Waals surface area contributed by atoms with Crippen LogP contribution in [0.1, 0.15) is 23.1 Å². The number of halogens is 2. The molecule has 0 unspecified atom stereocenters. The van der Waals surface area contributed by atoms with Gasteiger partial charge in [-0.3, -0.25) is 14.6 Å². The van der Waals surface area contributed by atoms with E-state index < -0.39 is 17.4 Å². The number of methoxy groups -OCH3 is 2. The van der Waals surface area contributed by atoms with E-state index in [-0.39, 0.29) is 30.6 Å². The van der Waals surface area contributed by atoms with Gasteiger partial charge in [-0.2, -0.15) is 0 Å². The number of hydrogen-bond acceptors (Lipinski definition) is 6. The highest BCUT2D eigenvalue weighted by Gasteiger charge is 2.16. The molecule has 0 spiro atoms. The summed E-state index contributed by atoms with van der Waals surface area (Å²) in [6.07, 6.45) is 1.10. The van der Waals surface area contributed by atoms with E-state index in [1.54, 1.807) is 50.7 Å². The van der Waals surface area contributed by atoms with Crippen molar-refractivity contribution in [2.24, 2.45) is 0 Å². The van der Waals surface area contributed by atoms with E-state index in [0.717, 1.165) is 28.6 Å². The van der Waals surface area contributed by atoms with E-state index in [2.05, 4.69) is 4.98 Å². The number of Topliss-reactive ketones (excluding diaryl/α,β-unsaturated/α-hetero) is 2. The van der Waals surface area contributed by atoms with E-state index >= 15 is 0 Å². The summed E-state index contributed by atoms with van der Waals surface area (Å²) < 4.78 is 43.7. The molecule has 0 aliphatic carbocycles. The number of ether oxygens (including phenoxy) is 3. The van der Waals surface area contributed by atoms with Crippen molar-refractivity contribution in [2.75, 3.05) is 14.2 Å². The van der Waals surface area contributed by atoms with Gasteiger partial charge in [0.15, 0.2) is 11.5 Å². The first kappa shape index (κ1) is 25.8. The first-order valence-electron chi connectivity index (χ1n) is 11.5. The largest absolute Gasteiger partial charge is 0.493 e. The van der Waals surface area contributed by atoms with Crippen molar-refractivity contribution in [1.82, 2.24) is 4.98 Å². The van der Waals surface area contributed by atoms with Crippen molar-refractivity contribution in [1.29, 1.82) is 0 Å². The Kier molecular flexibility index (Phi) is 7.77. The van der Waals surface area contributed by atoms with Crippen molar-refractivity contribution < 1.29 is 32.6 Å². The molecule has 4 aromatic rings. The average Bonchev–Trinajstić information content (AvgIpc) is 2.86. The Balaban J connectivity index is 1.44. The van der Waals surface area contributed by atoms with Gasteiger partial charge in [-0.1, -0.05) is 12.1 Å². The minimum Gasteiger partial charge on any atom is -0.493 e. The minimum atomic E-state index is -0.799. The summed E-state index contributed by atoms with van der Waals surface area (Å²) in [6.45, 7) is 1.85. The topological polar surface area (TPSA) is 74.7 Å². The van der Waals surface area contributed by atoms with Gasteiger partial charge in [-0.15, -0.1) is 0 Å². The summed E-state index contributed by atoms with van der Waals surface area (Å²) in [6, 6.07) is 13.7. The molecule has 0 saturated heterocycles. The number of benzene rings is 3. The third-order valence-corrected chi connectivity index (χ3v) is 5.93.